The lowest BCUT2D eigenvalue weighted by Gasteiger charge is -2.29. The molecule has 0 aromatic carbocycles. The van der Waals surface area contributed by atoms with Crippen molar-refractivity contribution in [3.63, 3.8) is 0 Å². The Hall–Kier alpha value is -0.540. The minimum Gasteiger partial charge on any atom is -0.308 e. The standard InChI is InChI=1S/C17H32ClN3/c1-6-9-10-14(8-3)16(19-11-7-2)17-15(18)12-20-21(17)13(4)5/h12-14,16,19H,6-11H2,1-5H3. The zero-order valence-electron chi connectivity index (χ0n) is 14.3. The quantitative estimate of drug-likeness (QED) is 0.629. The summed E-state index contributed by atoms with van der Waals surface area (Å²) in [5.74, 6) is 0.614. The fraction of sp³-hybridized carbons (Fsp3) is 0.824. The number of unbranched alkanes of at least 4 members (excludes halogenated alkanes) is 1. The average Bonchev–Trinajstić information content (AvgIpc) is 2.84. The number of aromatic nitrogens is 2. The summed E-state index contributed by atoms with van der Waals surface area (Å²) in [4.78, 5) is 0. The first kappa shape index (κ1) is 18.5. The van der Waals surface area contributed by atoms with Crippen molar-refractivity contribution in [1.82, 2.24) is 15.1 Å². The number of hydrogen-bond acceptors (Lipinski definition) is 2. The Morgan fingerprint density at radius 3 is 2.48 bits per heavy atom. The lowest BCUT2D eigenvalue weighted by molar-refractivity contribution is 0.302. The fourth-order valence-electron chi connectivity index (χ4n) is 2.91. The van der Waals surface area contributed by atoms with Crippen molar-refractivity contribution in [2.75, 3.05) is 6.54 Å². The van der Waals surface area contributed by atoms with Gasteiger partial charge in [-0.15, -0.1) is 0 Å². The molecule has 0 aliphatic heterocycles. The van der Waals surface area contributed by atoms with Gasteiger partial charge in [0.1, 0.15) is 0 Å². The Morgan fingerprint density at radius 1 is 1.24 bits per heavy atom. The van der Waals surface area contributed by atoms with Gasteiger partial charge >= 0.3 is 0 Å². The summed E-state index contributed by atoms with van der Waals surface area (Å²) in [5, 5.41) is 9.01. The van der Waals surface area contributed by atoms with Crippen LogP contribution >= 0.6 is 11.6 Å². The maximum absolute atomic E-state index is 6.47. The van der Waals surface area contributed by atoms with Crippen LogP contribution in [0, 0.1) is 5.92 Å². The Bertz CT molecular complexity index is 401. The van der Waals surface area contributed by atoms with E-state index in [0.717, 1.165) is 18.0 Å². The van der Waals surface area contributed by atoms with Crippen LogP contribution in [0.5, 0.6) is 0 Å². The third-order valence-corrected chi connectivity index (χ3v) is 4.40. The highest BCUT2D eigenvalue weighted by Crippen LogP contribution is 2.34. The van der Waals surface area contributed by atoms with Gasteiger partial charge in [-0.25, -0.2) is 0 Å². The topological polar surface area (TPSA) is 29.9 Å². The second kappa shape index (κ2) is 9.47. The highest BCUT2D eigenvalue weighted by Gasteiger charge is 2.27. The number of halogens is 1. The van der Waals surface area contributed by atoms with Crippen molar-refractivity contribution in [1.29, 1.82) is 0 Å². The molecule has 0 spiro atoms. The molecule has 1 N–H and O–H groups in total. The van der Waals surface area contributed by atoms with E-state index in [4.69, 9.17) is 11.6 Å². The second-order valence-electron chi connectivity index (χ2n) is 6.16. The highest BCUT2D eigenvalue weighted by atomic mass is 35.5. The molecule has 0 saturated carbocycles. The lowest BCUT2D eigenvalue weighted by atomic mass is 9.89. The molecule has 4 heteroatoms. The van der Waals surface area contributed by atoms with E-state index in [9.17, 15) is 0 Å². The summed E-state index contributed by atoms with van der Waals surface area (Å²) in [6.07, 6.45) is 7.86. The van der Waals surface area contributed by atoms with E-state index >= 15 is 0 Å². The Morgan fingerprint density at radius 2 is 1.95 bits per heavy atom. The Kier molecular flexibility index (Phi) is 8.35. The van der Waals surface area contributed by atoms with E-state index < -0.39 is 0 Å². The molecule has 3 nitrogen and oxygen atoms in total. The predicted octanol–water partition coefficient (Wildman–Crippen LogP) is 5.37. The summed E-state index contributed by atoms with van der Waals surface area (Å²) in [7, 11) is 0. The summed E-state index contributed by atoms with van der Waals surface area (Å²) in [5.41, 5.74) is 1.17. The van der Waals surface area contributed by atoms with E-state index in [1.54, 1.807) is 6.20 Å². The molecule has 0 saturated heterocycles. The number of nitrogens with zero attached hydrogens (tertiary/aromatic N) is 2. The smallest absolute Gasteiger partial charge is 0.0834 e. The average molecular weight is 314 g/mol. The molecule has 2 unspecified atom stereocenters. The van der Waals surface area contributed by atoms with E-state index in [1.807, 2.05) is 0 Å². The van der Waals surface area contributed by atoms with Crippen molar-refractivity contribution < 1.29 is 0 Å². The van der Waals surface area contributed by atoms with Gasteiger partial charge < -0.3 is 5.32 Å². The maximum atomic E-state index is 6.47. The van der Waals surface area contributed by atoms with Gasteiger partial charge in [0.05, 0.1) is 23.0 Å². The fourth-order valence-corrected chi connectivity index (χ4v) is 3.16. The molecular formula is C17H32ClN3. The summed E-state index contributed by atoms with van der Waals surface area (Å²) >= 11 is 6.47. The lowest BCUT2D eigenvalue weighted by Crippen LogP contribution is -2.31. The SMILES string of the molecule is CCCCC(CC)C(NCCC)c1c(Cl)cnn1C(C)C. The largest absolute Gasteiger partial charge is 0.308 e. The van der Waals surface area contributed by atoms with E-state index in [-0.39, 0.29) is 0 Å². The number of hydrogen-bond donors (Lipinski definition) is 1. The number of rotatable bonds is 10. The van der Waals surface area contributed by atoms with Gasteiger partial charge in [0.25, 0.3) is 0 Å². The summed E-state index contributed by atoms with van der Waals surface area (Å²) < 4.78 is 2.09. The number of nitrogens with one attached hydrogen (secondary N) is 1. The van der Waals surface area contributed by atoms with E-state index in [2.05, 4.69) is 49.7 Å². The molecule has 1 heterocycles. The zero-order valence-corrected chi connectivity index (χ0v) is 15.1. The minimum atomic E-state index is 0.305. The first-order chi connectivity index (χ1) is 10.1. The molecule has 122 valence electrons. The van der Waals surface area contributed by atoms with Crippen molar-refractivity contribution in [3.05, 3.63) is 16.9 Å². The van der Waals surface area contributed by atoms with Crippen LogP contribution in [0.25, 0.3) is 0 Å². The van der Waals surface area contributed by atoms with Crippen LogP contribution in [0.15, 0.2) is 6.20 Å². The molecule has 0 fully saturated rings. The molecule has 0 amide bonds. The third kappa shape index (κ3) is 5.00. The first-order valence-corrected chi connectivity index (χ1v) is 8.90. The Labute approximate surface area is 135 Å². The van der Waals surface area contributed by atoms with E-state index in [1.165, 1.54) is 31.4 Å². The molecule has 1 aromatic rings. The van der Waals surface area contributed by atoms with Crippen LogP contribution in [0.2, 0.25) is 5.02 Å². The van der Waals surface area contributed by atoms with Gasteiger partial charge in [-0.05, 0) is 39.2 Å². The van der Waals surface area contributed by atoms with Gasteiger partial charge in [0, 0.05) is 6.04 Å². The van der Waals surface area contributed by atoms with Gasteiger partial charge in [-0.2, -0.15) is 5.10 Å². The second-order valence-corrected chi connectivity index (χ2v) is 6.57. The van der Waals surface area contributed by atoms with Crippen LogP contribution in [-0.4, -0.2) is 16.3 Å². The van der Waals surface area contributed by atoms with Crippen molar-refractivity contribution in [2.24, 2.45) is 5.92 Å². The van der Waals surface area contributed by atoms with Crippen LogP contribution in [-0.2, 0) is 0 Å². The van der Waals surface area contributed by atoms with Gasteiger partial charge in [0.15, 0.2) is 0 Å². The zero-order chi connectivity index (χ0) is 15.8. The highest BCUT2D eigenvalue weighted by molar-refractivity contribution is 6.31. The normalized spacial score (nSPS) is 14.6. The molecule has 0 radical (unpaired) electrons. The molecule has 0 bridgehead atoms. The Balaban J connectivity index is 3.08. The molecule has 0 aliphatic carbocycles. The van der Waals surface area contributed by atoms with Crippen molar-refractivity contribution in [2.45, 2.75) is 78.8 Å². The molecule has 1 aromatic heterocycles. The van der Waals surface area contributed by atoms with Gasteiger partial charge in [-0.3, -0.25) is 4.68 Å². The van der Waals surface area contributed by atoms with Crippen LogP contribution in [0.4, 0.5) is 0 Å². The minimum absolute atomic E-state index is 0.305. The summed E-state index contributed by atoms with van der Waals surface area (Å²) in [6, 6.07) is 0.640. The monoisotopic (exact) mass is 313 g/mol. The van der Waals surface area contributed by atoms with Crippen molar-refractivity contribution in [3.8, 4) is 0 Å². The third-order valence-electron chi connectivity index (χ3n) is 4.11. The summed E-state index contributed by atoms with van der Waals surface area (Å²) in [6.45, 7) is 12.1. The van der Waals surface area contributed by atoms with Crippen LogP contribution in [0.3, 0.4) is 0 Å². The predicted molar refractivity (Wildman–Crippen MR) is 92.0 cm³/mol. The van der Waals surface area contributed by atoms with Gasteiger partial charge in [0.2, 0.25) is 0 Å². The van der Waals surface area contributed by atoms with E-state index in [0.29, 0.717) is 18.0 Å². The van der Waals surface area contributed by atoms with Gasteiger partial charge in [-0.1, -0.05) is 51.6 Å². The van der Waals surface area contributed by atoms with Crippen LogP contribution in [0.1, 0.15) is 84.5 Å². The molecule has 1 rings (SSSR count). The first-order valence-electron chi connectivity index (χ1n) is 8.52. The van der Waals surface area contributed by atoms with Crippen molar-refractivity contribution >= 4 is 11.6 Å². The molecule has 0 aliphatic rings. The molecular weight excluding hydrogens is 282 g/mol. The maximum Gasteiger partial charge on any atom is 0.0834 e. The molecule has 21 heavy (non-hydrogen) atoms. The van der Waals surface area contributed by atoms with Crippen LogP contribution < -0.4 is 5.32 Å². The molecule has 2 atom stereocenters.